The van der Waals surface area contributed by atoms with E-state index in [9.17, 15) is 4.39 Å². The van der Waals surface area contributed by atoms with Crippen molar-refractivity contribution >= 4 is 23.2 Å². The van der Waals surface area contributed by atoms with Gasteiger partial charge in [0, 0.05) is 29.1 Å². The van der Waals surface area contributed by atoms with E-state index in [1.165, 1.54) is 6.07 Å². The van der Waals surface area contributed by atoms with Gasteiger partial charge in [0.05, 0.1) is 0 Å². The zero-order valence-corrected chi connectivity index (χ0v) is 10.4. The monoisotopic (exact) mass is 261 g/mol. The lowest BCUT2D eigenvalue weighted by Gasteiger charge is -2.29. The second-order valence-corrected chi connectivity index (χ2v) is 5.26. The summed E-state index contributed by atoms with van der Waals surface area (Å²) in [6, 6.07) is 4.68. The molecule has 0 spiro atoms. The first-order valence-electron chi connectivity index (χ1n) is 5.45. The van der Waals surface area contributed by atoms with Crippen LogP contribution in [0.1, 0.15) is 18.4 Å². The molecule has 16 heavy (non-hydrogen) atoms. The molecule has 1 aliphatic heterocycles. The molecule has 2 rings (SSSR count). The number of piperidine rings is 1. The van der Waals surface area contributed by atoms with E-state index in [1.54, 1.807) is 12.1 Å². The van der Waals surface area contributed by atoms with E-state index in [0.29, 0.717) is 17.1 Å². The average molecular weight is 262 g/mol. The van der Waals surface area contributed by atoms with Crippen LogP contribution in [0.15, 0.2) is 18.2 Å². The Bertz CT molecular complexity index is 370. The Labute approximate surface area is 105 Å². The molecule has 1 fully saturated rings. The number of likely N-dealkylation sites (tertiary alicyclic amines) is 1. The fraction of sp³-hybridized carbons (Fsp3) is 0.500. The van der Waals surface area contributed by atoms with Crippen LogP contribution in [0.2, 0.25) is 5.02 Å². The molecule has 0 amide bonds. The molecule has 1 aromatic rings. The lowest BCUT2D eigenvalue weighted by atomic mass is 10.1. The maximum Gasteiger partial charge on any atom is 0.127 e. The summed E-state index contributed by atoms with van der Waals surface area (Å²) in [5, 5.41) is 0.770. The highest BCUT2D eigenvalue weighted by atomic mass is 35.5. The Kier molecular flexibility index (Phi) is 4.06. The Balaban J connectivity index is 2.05. The van der Waals surface area contributed by atoms with Gasteiger partial charge in [0.2, 0.25) is 0 Å². The van der Waals surface area contributed by atoms with Gasteiger partial charge in [-0.3, -0.25) is 4.90 Å². The smallest absolute Gasteiger partial charge is 0.127 e. The fourth-order valence-electron chi connectivity index (χ4n) is 2.05. The number of halogens is 3. The Morgan fingerprint density at radius 3 is 3.00 bits per heavy atom. The van der Waals surface area contributed by atoms with Crippen LogP contribution in [-0.4, -0.2) is 23.4 Å². The van der Waals surface area contributed by atoms with Crippen molar-refractivity contribution in [3.63, 3.8) is 0 Å². The molecule has 0 N–H and O–H groups in total. The Hall–Kier alpha value is -0.310. The second kappa shape index (κ2) is 5.35. The van der Waals surface area contributed by atoms with E-state index in [4.69, 9.17) is 23.2 Å². The molecule has 1 nitrogen and oxygen atoms in total. The van der Waals surface area contributed by atoms with Gasteiger partial charge in [-0.05, 0) is 37.6 Å². The molecular weight excluding hydrogens is 248 g/mol. The van der Waals surface area contributed by atoms with Gasteiger partial charge in [0.25, 0.3) is 0 Å². The minimum atomic E-state index is -0.193. The lowest BCUT2D eigenvalue weighted by molar-refractivity contribution is 0.221. The zero-order chi connectivity index (χ0) is 11.5. The van der Waals surface area contributed by atoms with Crippen molar-refractivity contribution in [2.24, 2.45) is 0 Å². The molecule has 88 valence electrons. The maximum absolute atomic E-state index is 13.5. The molecule has 1 unspecified atom stereocenters. The van der Waals surface area contributed by atoms with Gasteiger partial charge < -0.3 is 0 Å². The van der Waals surface area contributed by atoms with Gasteiger partial charge in [-0.1, -0.05) is 11.6 Å². The predicted molar refractivity (Wildman–Crippen MR) is 65.6 cm³/mol. The van der Waals surface area contributed by atoms with Crippen molar-refractivity contribution in [3.8, 4) is 0 Å². The van der Waals surface area contributed by atoms with Crippen molar-refractivity contribution < 1.29 is 4.39 Å². The molecule has 0 radical (unpaired) electrons. The molecule has 1 saturated heterocycles. The predicted octanol–water partition coefficient (Wildman–Crippen LogP) is 3.68. The number of alkyl halides is 1. The standard InChI is InChI=1S/C12H14Cl2FN/c13-10-3-4-12(15)9(6-10)7-16-5-1-2-11(14)8-16/h3-4,6,11H,1-2,5,7-8H2. The number of hydrogen-bond acceptors (Lipinski definition) is 1. The molecular formula is C12H14Cl2FN. The van der Waals surface area contributed by atoms with E-state index in [0.717, 1.165) is 25.9 Å². The van der Waals surface area contributed by atoms with E-state index in [-0.39, 0.29) is 11.2 Å². The lowest BCUT2D eigenvalue weighted by Crippen LogP contribution is -2.35. The van der Waals surface area contributed by atoms with Crippen LogP contribution in [0.25, 0.3) is 0 Å². The zero-order valence-electron chi connectivity index (χ0n) is 8.93. The second-order valence-electron chi connectivity index (χ2n) is 4.21. The van der Waals surface area contributed by atoms with Gasteiger partial charge in [0.15, 0.2) is 0 Å². The van der Waals surface area contributed by atoms with Crippen molar-refractivity contribution in [2.75, 3.05) is 13.1 Å². The number of hydrogen-bond donors (Lipinski definition) is 0. The van der Waals surface area contributed by atoms with Crippen molar-refractivity contribution in [1.82, 2.24) is 4.90 Å². The summed E-state index contributed by atoms with van der Waals surface area (Å²) in [7, 11) is 0. The van der Waals surface area contributed by atoms with Crippen LogP contribution < -0.4 is 0 Å². The van der Waals surface area contributed by atoms with Crippen LogP contribution in [0, 0.1) is 5.82 Å². The topological polar surface area (TPSA) is 3.24 Å². The number of rotatable bonds is 2. The van der Waals surface area contributed by atoms with Crippen LogP contribution in [0.3, 0.4) is 0 Å². The first-order valence-corrected chi connectivity index (χ1v) is 6.27. The first kappa shape index (κ1) is 12.2. The van der Waals surface area contributed by atoms with Gasteiger partial charge >= 0.3 is 0 Å². The third kappa shape index (κ3) is 3.09. The third-order valence-electron chi connectivity index (χ3n) is 2.85. The van der Waals surface area contributed by atoms with Crippen LogP contribution in [0.5, 0.6) is 0 Å². The molecule has 1 atom stereocenters. The molecule has 0 aliphatic carbocycles. The van der Waals surface area contributed by atoms with Gasteiger partial charge in [-0.2, -0.15) is 0 Å². The van der Waals surface area contributed by atoms with Crippen LogP contribution in [-0.2, 0) is 6.54 Å². The minimum absolute atomic E-state index is 0.191. The molecule has 0 aromatic heterocycles. The average Bonchev–Trinajstić information content (AvgIpc) is 2.24. The molecule has 0 saturated carbocycles. The number of nitrogens with zero attached hydrogens (tertiary/aromatic N) is 1. The van der Waals surface area contributed by atoms with E-state index < -0.39 is 0 Å². The summed E-state index contributed by atoms with van der Waals surface area (Å²) >= 11 is 11.9. The van der Waals surface area contributed by atoms with Crippen molar-refractivity contribution in [3.05, 3.63) is 34.6 Å². The summed E-state index contributed by atoms with van der Waals surface area (Å²) in [5.74, 6) is -0.193. The Morgan fingerprint density at radius 2 is 2.25 bits per heavy atom. The summed E-state index contributed by atoms with van der Waals surface area (Å²) in [5.41, 5.74) is 0.651. The summed E-state index contributed by atoms with van der Waals surface area (Å²) in [4.78, 5) is 2.18. The van der Waals surface area contributed by atoms with E-state index in [1.807, 2.05) is 0 Å². The minimum Gasteiger partial charge on any atom is -0.298 e. The number of benzene rings is 1. The molecule has 1 aliphatic rings. The molecule has 0 bridgehead atoms. The Morgan fingerprint density at radius 1 is 1.44 bits per heavy atom. The van der Waals surface area contributed by atoms with E-state index in [2.05, 4.69) is 4.90 Å². The molecule has 1 aromatic carbocycles. The van der Waals surface area contributed by atoms with E-state index >= 15 is 0 Å². The largest absolute Gasteiger partial charge is 0.298 e. The summed E-state index contributed by atoms with van der Waals surface area (Å²) < 4.78 is 13.5. The fourth-order valence-corrected chi connectivity index (χ4v) is 2.59. The third-order valence-corrected chi connectivity index (χ3v) is 3.44. The first-order chi connectivity index (χ1) is 7.65. The molecule has 4 heteroatoms. The highest BCUT2D eigenvalue weighted by Gasteiger charge is 2.18. The maximum atomic E-state index is 13.5. The highest BCUT2D eigenvalue weighted by molar-refractivity contribution is 6.30. The van der Waals surface area contributed by atoms with Gasteiger partial charge in [-0.15, -0.1) is 11.6 Å². The summed E-state index contributed by atoms with van der Waals surface area (Å²) in [6.07, 6.45) is 2.13. The van der Waals surface area contributed by atoms with Crippen LogP contribution >= 0.6 is 23.2 Å². The summed E-state index contributed by atoms with van der Waals surface area (Å²) in [6.45, 7) is 2.40. The van der Waals surface area contributed by atoms with Crippen LogP contribution in [0.4, 0.5) is 4.39 Å². The van der Waals surface area contributed by atoms with Gasteiger partial charge in [-0.25, -0.2) is 4.39 Å². The highest BCUT2D eigenvalue weighted by Crippen LogP contribution is 2.20. The van der Waals surface area contributed by atoms with Gasteiger partial charge in [0.1, 0.15) is 5.82 Å². The van der Waals surface area contributed by atoms with Crippen molar-refractivity contribution in [1.29, 1.82) is 0 Å². The molecule has 1 heterocycles. The quantitative estimate of drug-likeness (QED) is 0.735. The normalized spacial score (nSPS) is 22.3. The van der Waals surface area contributed by atoms with Crippen molar-refractivity contribution in [2.45, 2.75) is 24.8 Å². The SMILES string of the molecule is Fc1ccc(Cl)cc1CN1CCCC(Cl)C1.